The quantitative estimate of drug-likeness (QED) is 0.626. The molecule has 1 aliphatic heterocycles. The van der Waals surface area contributed by atoms with Crippen molar-refractivity contribution in [2.75, 3.05) is 18.5 Å². The Labute approximate surface area is 172 Å². The Morgan fingerprint density at radius 2 is 1.83 bits per heavy atom. The zero-order chi connectivity index (χ0) is 20.3. The molecule has 0 fully saturated rings. The van der Waals surface area contributed by atoms with Gasteiger partial charge < -0.3 is 14.8 Å². The SMILES string of the molecule is O=C(Nc1ccc2c(c1)OCCO2)c1cccc(S(=O)(=O)NCc2cccs2)c1. The minimum absolute atomic E-state index is 0.0314. The minimum atomic E-state index is -3.74. The first-order valence-electron chi connectivity index (χ1n) is 8.84. The van der Waals surface area contributed by atoms with E-state index in [1.165, 1.54) is 23.5 Å². The molecule has 150 valence electrons. The van der Waals surface area contributed by atoms with Gasteiger partial charge in [-0.2, -0.15) is 0 Å². The molecule has 1 amide bonds. The molecule has 2 heterocycles. The van der Waals surface area contributed by atoms with Crippen LogP contribution >= 0.6 is 11.3 Å². The van der Waals surface area contributed by atoms with Gasteiger partial charge in [0.05, 0.1) is 4.90 Å². The molecule has 1 aromatic heterocycles. The fourth-order valence-corrected chi connectivity index (χ4v) is 4.58. The Kier molecular flexibility index (Phi) is 5.52. The molecule has 7 nitrogen and oxygen atoms in total. The highest BCUT2D eigenvalue weighted by molar-refractivity contribution is 7.89. The summed E-state index contributed by atoms with van der Waals surface area (Å²) in [4.78, 5) is 13.5. The third-order valence-corrected chi connectivity index (χ3v) is 6.50. The first-order valence-corrected chi connectivity index (χ1v) is 11.2. The lowest BCUT2D eigenvalue weighted by atomic mass is 10.2. The summed E-state index contributed by atoms with van der Waals surface area (Å²) in [5, 5.41) is 4.63. The maximum atomic E-state index is 12.6. The summed E-state index contributed by atoms with van der Waals surface area (Å²) >= 11 is 1.47. The topological polar surface area (TPSA) is 93.7 Å². The van der Waals surface area contributed by atoms with Crippen molar-refractivity contribution >= 4 is 33.0 Å². The first kappa shape index (κ1) is 19.4. The van der Waals surface area contributed by atoms with Crippen LogP contribution in [0.2, 0.25) is 0 Å². The molecule has 1 aliphatic rings. The highest BCUT2D eigenvalue weighted by Gasteiger charge is 2.17. The second-order valence-corrected chi connectivity index (χ2v) is 9.04. The van der Waals surface area contributed by atoms with Crippen LogP contribution in [0.3, 0.4) is 0 Å². The van der Waals surface area contributed by atoms with Gasteiger partial charge in [0.1, 0.15) is 13.2 Å². The smallest absolute Gasteiger partial charge is 0.255 e. The van der Waals surface area contributed by atoms with Gasteiger partial charge in [0.25, 0.3) is 5.91 Å². The second kappa shape index (κ2) is 8.24. The third kappa shape index (κ3) is 4.58. The van der Waals surface area contributed by atoms with Crippen LogP contribution in [-0.4, -0.2) is 27.5 Å². The van der Waals surface area contributed by atoms with Crippen LogP contribution < -0.4 is 19.5 Å². The number of hydrogen-bond donors (Lipinski definition) is 2. The summed E-state index contributed by atoms with van der Waals surface area (Å²) in [6, 6.07) is 14.7. The standard InChI is InChI=1S/C20H18N2O5S2/c23-20(22-15-6-7-18-19(12-15)27-9-8-26-18)14-3-1-5-17(11-14)29(24,25)21-13-16-4-2-10-28-16/h1-7,10-12,21H,8-9,13H2,(H,22,23). The fourth-order valence-electron chi connectivity index (χ4n) is 2.79. The predicted octanol–water partition coefficient (Wildman–Crippen LogP) is 3.25. The lowest BCUT2D eigenvalue weighted by molar-refractivity contribution is 0.102. The van der Waals surface area contributed by atoms with Crippen LogP contribution in [0.25, 0.3) is 0 Å². The number of fused-ring (bicyclic) bond motifs is 1. The second-order valence-electron chi connectivity index (χ2n) is 6.24. The largest absolute Gasteiger partial charge is 0.486 e. The van der Waals surface area contributed by atoms with E-state index in [0.29, 0.717) is 30.4 Å². The van der Waals surface area contributed by atoms with Crippen LogP contribution in [0.1, 0.15) is 15.2 Å². The number of nitrogens with one attached hydrogen (secondary N) is 2. The summed E-state index contributed by atoms with van der Waals surface area (Å²) in [6.07, 6.45) is 0. The van der Waals surface area contributed by atoms with Crippen LogP contribution in [0.5, 0.6) is 11.5 Å². The number of anilines is 1. The predicted molar refractivity (Wildman–Crippen MR) is 110 cm³/mol. The molecule has 2 aromatic carbocycles. The molecule has 2 N–H and O–H groups in total. The molecule has 4 rings (SSSR count). The number of amides is 1. The number of ether oxygens (including phenoxy) is 2. The molecule has 0 saturated heterocycles. The summed E-state index contributed by atoms with van der Waals surface area (Å²) in [6.45, 7) is 1.14. The van der Waals surface area contributed by atoms with E-state index in [-0.39, 0.29) is 17.0 Å². The number of benzene rings is 2. The van der Waals surface area contributed by atoms with Gasteiger partial charge in [0, 0.05) is 28.7 Å². The van der Waals surface area contributed by atoms with E-state index in [2.05, 4.69) is 10.0 Å². The molecule has 9 heteroatoms. The van der Waals surface area contributed by atoms with Gasteiger partial charge in [-0.1, -0.05) is 12.1 Å². The number of rotatable bonds is 6. The number of carbonyl (C=O) groups is 1. The molecular weight excluding hydrogens is 412 g/mol. The fraction of sp³-hybridized carbons (Fsp3) is 0.150. The molecule has 0 spiro atoms. The van der Waals surface area contributed by atoms with Crippen LogP contribution in [0, 0.1) is 0 Å². The van der Waals surface area contributed by atoms with Crippen molar-refractivity contribution < 1.29 is 22.7 Å². The maximum Gasteiger partial charge on any atom is 0.255 e. The molecule has 0 aliphatic carbocycles. The van der Waals surface area contributed by atoms with Crippen LogP contribution in [0.4, 0.5) is 5.69 Å². The number of thiophene rings is 1. The van der Waals surface area contributed by atoms with E-state index in [1.54, 1.807) is 30.3 Å². The van der Waals surface area contributed by atoms with Crippen LogP contribution in [-0.2, 0) is 16.6 Å². The van der Waals surface area contributed by atoms with Crippen molar-refractivity contribution in [3.05, 3.63) is 70.4 Å². The monoisotopic (exact) mass is 430 g/mol. The van der Waals surface area contributed by atoms with Gasteiger partial charge in [-0.25, -0.2) is 13.1 Å². The van der Waals surface area contributed by atoms with Crippen molar-refractivity contribution in [2.45, 2.75) is 11.4 Å². The van der Waals surface area contributed by atoms with E-state index in [0.717, 1.165) is 4.88 Å². The molecular formula is C20H18N2O5S2. The molecule has 0 saturated carbocycles. The highest BCUT2D eigenvalue weighted by atomic mass is 32.2. The van der Waals surface area contributed by atoms with Gasteiger partial charge in [-0.05, 0) is 41.8 Å². The average Bonchev–Trinajstić information content (AvgIpc) is 3.26. The minimum Gasteiger partial charge on any atom is -0.486 e. The molecule has 0 bridgehead atoms. The molecule has 0 radical (unpaired) electrons. The Bertz CT molecular complexity index is 1130. The lowest BCUT2D eigenvalue weighted by Gasteiger charge is -2.19. The lowest BCUT2D eigenvalue weighted by Crippen LogP contribution is -2.23. The Morgan fingerprint density at radius 3 is 2.62 bits per heavy atom. The van der Waals surface area contributed by atoms with E-state index in [9.17, 15) is 13.2 Å². The van der Waals surface area contributed by atoms with Crippen molar-refractivity contribution in [2.24, 2.45) is 0 Å². The molecule has 29 heavy (non-hydrogen) atoms. The van der Waals surface area contributed by atoms with Gasteiger partial charge in [0.2, 0.25) is 10.0 Å². The third-order valence-electron chi connectivity index (χ3n) is 4.22. The summed E-state index contributed by atoms with van der Waals surface area (Å²) in [5.41, 5.74) is 0.766. The number of sulfonamides is 1. The maximum absolute atomic E-state index is 12.6. The van der Waals surface area contributed by atoms with Gasteiger partial charge in [-0.3, -0.25) is 4.79 Å². The van der Waals surface area contributed by atoms with E-state index in [4.69, 9.17) is 9.47 Å². The zero-order valence-electron chi connectivity index (χ0n) is 15.3. The van der Waals surface area contributed by atoms with Gasteiger partial charge >= 0.3 is 0 Å². The van der Waals surface area contributed by atoms with Crippen molar-refractivity contribution in [3.63, 3.8) is 0 Å². The first-order chi connectivity index (χ1) is 14.0. The number of carbonyl (C=O) groups excluding carboxylic acids is 1. The Hall–Kier alpha value is -2.88. The normalized spacial score (nSPS) is 13.1. The van der Waals surface area contributed by atoms with E-state index >= 15 is 0 Å². The van der Waals surface area contributed by atoms with Crippen molar-refractivity contribution in [1.29, 1.82) is 0 Å². The molecule has 3 aromatic rings. The highest BCUT2D eigenvalue weighted by Crippen LogP contribution is 2.32. The average molecular weight is 431 g/mol. The van der Waals surface area contributed by atoms with E-state index in [1.807, 2.05) is 17.5 Å². The number of hydrogen-bond acceptors (Lipinski definition) is 6. The summed E-state index contributed by atoms with van der Waals surface area (Å²) in [7, 11) is -3.74. The Balaban J connectivity index is 1.48. The van der Waals surface area contributed by atoms with Crippen molar-refractivity contribution in [1.82, 2.24) is 4.72 Å². The Morgan fingerprint density at radius 1 is 1.00 bits per heavy atom. The van der Waals surface area contributed by atoms with Gasteiger partial charge in [-0.15, -0.1) is 11.3 Å². The van der Waals surface area contributed by atoms with Crippen molar-refractivity contribution in [3.8, 4) is 11.5 Å². The summed E-state index contributed by atoms with van der Waals surface area (Å²) < 4.78 is 38.6. The summed E-state index contributed by atoms with van der Waals surface area (Å²) in [5.74, 6) is 0.763. The van der Waals surface area contributed by atoms with Crippen LogP contribution in [0.15, 0.2) is 64.9 Å². The molecule has 0 unspecified atom stereocenters. The van der Waals surface area contributed by atoms with Gasteiger partial charge in [0.15, 0.2) is 11.5 Å². The zero-order valence-corrected chi connectivity index (χ0v) is 16.9. The van der Waals surface area contributed by atoms with E-state index < -0.39 is 15.9 Å². The molecule has 0 atom stereocenters.